The van der Waals surface area contributed by atoms with Crippen molar-refractivity contribution in [2.45, 2.75) is 45.6 Å². The first kappa shape index (κ1) is 17.2. The number of esters is 1. The largest absolute Gasteiger partial charge is 0.458 e. The van der Waals surface area contributed by atoms with Gasteiger partial charge in [0.05, 0.1) is 17.1 Å². The van der Waals surface area contributed by atoms with Gasteiger partial charge >= 0.3 is 5.97 Å². The second-order valence-corrected chi connectivity index (χ2v) is 7.89. The fourth-order valence-electron chi connectivity index (χ4n) is 5.07. The second-order valence-electron chi connectivity index (χ2n) is 7.89. The molecule has 0 aromatic heterocycles. The molecular weight excluding hydrogens is 304 g/mol. The minimum Gasteiger partial charge on any atom is -0.458 e. The zero-order chi connectivity index (χ0) is 17.5. The number of fused-ring (bicyclic) bond motifs is 1. The fourth-order valence-corrected chi connectivity index (χ4v) is 5.07. The number of aliphatic hydroxyl groups excluding tert-OH is 1. The van der Waals surface area contributed by atoms with Crippen LogP contribution in [0.25, 0.3) is 0 Å². The molecule has 0 amide bonds. The van der Waals surface area contributed by atoms with E-state index in [0.717, 1.165) is 31.1 Å². The first-order chi connectivity index (χ1) is 11.3. The van der Waals surface area contributed by atoms with Gasteiger partial charge in [-0.15, -0.1) is 0 Å². The molecule has 1 heterocycles. The van der Waals surface area contributed by atoms with E-state index >= 15 is 0 Å². The van der Waals surface area contributed by atoms with E-state index in [2.05, 4.69) is 19.6 Å². The highest BCUT2D eigenvalue weighted by atomic mass is 16.5. The smallest absolute Gasteiger partial charge is 0.338 e. The van der Waals surface area contributed by atoms with Gasteiger partial charge in [-0.3, -0.25) is 0 Å². The van der Waals surface area contributed by atoms with Crippen molar-refractivity contribution in [3.63, 3.8) is 0 Å². The molecule has 3 aliphatic rings. The summed E-state index contributed by atoms with van der Waals surface area (Å²) in [6.45, 7) is 8.67. The minimum absolute atomic E-state index is 0.0947. The summed E-state index contributed by atoms with van der Waals surface area (Å²) in [5, 5.41) is 10.4. The van der Waals surface area contributed by atoms with E-state index in [1.165, 1.54) is 0 Å². The molecule has 4 nitrogen and oxygen atoms in total. The van der Waals surface area contributed by atoms with Crippen LogP contribution in [0.3, 0.4) is 0 Å². The zero-order valence-corrected chi connectivity index (χ0v) is 14.5. The Labute approximate surface area is 143 Å². The molecular formula is C20H26O4. The van der Waals surface area contributed by atoms with E-state index in [9.17, 15) is 14.7 Å². The highest BCUT2D eigenvalue weighted by Gasteiger charge is 2.57. The molecule has 3 rings (SSSR count). The van der Waals surface area contributed by atoms with E-state index < -0.39 is 11.5 Å². The molecule has 0 spiro atoms. The Morgan fingerprint density at radius 1 is 1.38 bits per heavy atom. The molecule has 0 unspecified atom stereocenters. The maximum Gasteiger partial charge on any atom is 0.338 e. The van der Waals surface area contributed by atoms with Gasteiger partial charge < -0.3 is 14.6 Å². The maximum absolute atomic E-state index is 11.8. The first-order valence-corrected chi connectivity index (χ1v) is 8.70. The normalized spacial score (nSPS) is 42.6. The summed E-state index contributed by atoms with van der Waals surface area (Å²) in [6, 6.07) is 0. The van der Waals surface area contributed by atoms with Crippen molar-refractivity contribution in [1.29, 1.82) is 0 Å². The number of ether oxygens (including phenoxy) is 1. The molecule has 0 saturated heterocycles. The molecule has 2 fully saturated rings. The third-order valence-corrected chi connectivity index (χ3v) is 6.60. The van der Waals surface area contributed by atoms with Crippen molar-refractivity contribution in [1.82, 2.24) is 0 Å². The average molecular weight is 330 g/mol. The molecule has 2 aliphatic carbocycles. The SMILES string of the molecule is C=C1CC[C@@H]2[C@](C)(C=O)[C@H](O)CC[C@@]2(C)[C@@H]1/C=C/C1=CCOC1=O. The Balaban J connectivity index is 1.94. The van der Waals surface area contributed by atoms with Gasteiger partial charge in [0.15, 0.2) is 0 Å². The van der Waals surface area contributed by atoms with Crippen LogP contribution in [-0.4, -0.2) is 30.1 Å². The lowest BCUT2D eigenvalue weighted by Crippen LogP contribution is -2.56. The van der Waals surface area contributed by atoms with Gasteiger partial charge in [-0.1, -0.05) is 38.2 Å². The van der Waals surface area contributed by atoms with Crippen LogP contribution in [-0.2, 0) is 14.3 Å². The van der Waals surface area contributed by atoms with Crippen molar-refractivity contribution in [2.75, 3.05) is 6.61 Å². The number of aliphatic hydroxyl groups is 1. The molecule has 0 bridgehead atoms. The summed E-state index contributed by atoms with van der Waals surface area (Å²) in [5.41, 5.74) is 0.874. The topological polar surface area (TPSA) is 63.6 Å². The van der Waals surface area contributed by atoms with Crippen LogP contribution in [0.1, 0.15) is 39.5 Å². The number of carbonyl (C=O) groups excluding carboxylic acids is 2. The Kier molecular flexibility index (Phi) is 4.28. The number of hydrogen-bond donors (Lipinski definition) is 1. The molecule has 1 N–H and O–H groups in total. The van der Waals surface area contributed by atoms with Crippen LogP contribution in [0.4, 0.5) is 0 Å². The summed E-state index contributed by atoms with van der Waals surface area (Å²) in [7, 11) is 0. The molecule has 0 aromatic rings. The Hall–Kier alpha value is -1.68. The van der Waals surface area contributed by atoms with Gasteiger partial charge in [0.25, 0.3) is 0 Å². The Bertz CT molecular complexity index is 632. The van der Waals surface area contributed by atoms with Crippen LogP contribution in [0.5, 0.6) is 0 Å². The van der Waals surface area contributed by atoms with Crippen LogP contribution in [0.2, 0.25) is 0 Å². The molecule has 2 saturated carbocycles. The number of rotatable bonds is 3. The number of cyclic esters (lactones) is 1. The third kappa shape index (κ3) is 2.48. The number of aldehydes is 1. The lowest BCUT2D eigenvalue weighted by atomic mass is 9.46. The number of allylic oxidation sites excluding steroid dienone is 2. The summed E-state index contributed by atoms with van der Waals surface area (Å²) >= 11 is 0. The summed E-state index contributed by atoms with van der Waals surface area (Å²) in [6.07, 6.45) is 9.21. The van der Waals surface area contributed by atoms with Crippen molar-refractivity contribution < 1.29 is 19.4 Å². The van der Waals surface area contributed by atoms with Crippen molar-refractivity contribution >= 4 is 12.3 Å². The molecule has 24 heavy (non-hydrogen) atoms. The van der Waals surface area contributed by atoms with E-state index in [4.69, 9.17) is 4.74 Å². The fraction of sp³-hybridized carbons (Fsp3) is 0.600. The minimum atomic E-state index is -0.717. The Morgan fingerprint density at radius 3 is 2.75 bits per heavy atom. The number of hydrogen-bond acceptors (Lipinski definition) is 4. The summed E-state index contributed by atoms with van der Waals surface area (Å²) < 4.78 is 4.94. The van der Waals surface area contributed by atoms with Crippen molar-refractivity contribution in [2.24, 2.45) is 22.7 Å². The van der Waals surface area contributed by atoms with Crippen molar-refractivity contribution in [3.8, 4) is 0 Å². The van der Waals surface area contributed by atoms with Gasteiger partial charge in [0, 0.05) is 5.92 Å². The van der Waals surface area contributed by atoms with Crippen LogP contribution in [0, 0.1) is 22.7 Å². The first-order valence-electron chi connectivity index (χ1n) is 8.70. The van der Waals surface area contributed by atoms with Gasteiger partial charge in [-0.2, -0.15) is 0 Å². The Morgan fingerprint density at radius 2 is 2.12 bits per heavy atom. The average Bonchev–Trinajstić information content (AvgIpc) is 2.96. The van der Waals surface area contributed by atoms with Gasteiger partial charge in [0.1, 0.15) is 12.9 Å². The zero-order valence-electron chi connectivity index (χ0n) is 14.5. The predicted octanol–water partition coefficient (Wildman–Crippen LogP) is 2.97. The molecule has 5 atom stereocenters. The highest BCUT2D eigenvalue weighted by Crippen LogP contribution is 2.60. The monoisotopic (exact) mass is 330 g/mol. The maximum atomic E-state index is 11.8. The lowest BCUT2D eigenvalue weighted by molar-refractivity contribution is -0.149. The summed E-state index contributed by atoms with van der Waals surface area (Å²) in [5.74, 6) is -0.0839. The highest BCUT2D eigenvalue weighted by molar-refractivity contribution is 5.93. The van der Waals surface area contributed by atoms with Gasteiger partial charge in [-0.25, -0.2) is 4.79 Å². The molecule has 4 heteroatoms. The molecule has 0 aromatic carbocycles. The quantitative estimate of drug-likeness (QED) is 0.491. The number of carbonyl (C=O) groups is 2. The van der Waals surface area contributed by atoms with Gasteiger partial charge in [-0.05, 0) is 43.1 Å². The van der Waals surface area contributed by atoms with E-state index in [1.54, 1.807) is 6.08 Å². The predicted molar refractivity (Wildman–Crippen MR) is 91.1 cm³/mol. The van der Waals surface area contributed by atoms with Gasteiger partial charge in [0.2, 0.25) is 0 Å². The van der Waals surface area contributed by atoms with Crippen LogP contribution < -0.4 is 0 Å². The van der Waals surface area contributed by atoms with Crippen LogP contribution in [0.15, 0.2) is 36.0 Å². The van der Waals surface area contributed by atoms with Crippen LogP contribution >= 0.6 is 0 Å². The van der Waals surface area contributed by atoms with E-state index in [0.29, 0.717) is 18.6 Å². The third-order valence-electron chi connectivity index (χ3n) is 6.60. The molecule has 130 valence electrons. The van der Waals surface area contributed by atoms with E-state index in [-0.39, 0.29) is 23.2 Å². The molecule has 1 aliphatic heterocycles. The lowest BCUT2D eigenvalue weighted by Gasteiger charge is -2.58. The summed E-state index contributed by atoms with van der Waals surface area (Å²) in [4.78, 5) is 23.5. The second kappa shape index (κ2) is 5.99. The standard InChI is InChI=1S/C20H26O4/c1-13-4-7-16-19(2,10-8-17(22)20(16,3)12-21)15(13)6-5-14-9-11-24-18(14)23/h5-6,9,12,15-17,22H,1,4,7-8,10-11H2,2-3H3/b6-5+/t15-,16+,17-,19+,20+/m1/s1. The molecule has 0 radical (unpaired) electrons. The van der Waals surface area contributed by atoms with E-state index in [1.807, 2.05) is 13.0 Å². The van der Waals surface area contributed by atoms with Crippen molar-refractivity contribution in [3.05, 3.63) is 36.0 Å².